The summed E-state index contributed by atoms with van der Waals surface area (Å²) in [5.41, 5.74) is -0.223. The van der Waals surface area contributed by atoms with Gasteiger partial charge in [-0.1, -0.05) is 44.9 Å². The maximum Gasteiger partial charge on any atom is 0.343 e. The Hall–Kier alpha value is -2.52. The Kier molecular flexibility index (Phi) is 8.77. The van der Waals surface area contributed by atoms with Gasteiger partial charge in [-0.2, -0.15) is 0 Å². The second-order valence-electron chi connectivity index (χ2n) is 9.51. The number of carbonyl (C=O) groups is 3. The Morgan fingerprint density at radius 1 is 1.28 bits per heavy atom. The number of rotatable bonds is 11. The van der Waals surface area contributed by atoms with E-state index in [1.54, 1.807) is 12.3 Å². The third kappa shape index (κ3) is 5.13. The lowest BCUT2D eigenvalue weighted by Crippen LogP contribution is -2.43. The summed E-state index contributed by atoms with van der Waals surface area (Å²) >= 11 is 6.54. The van der Waals surface area contributed by atoms with Crippen LogP contribution >= 0.6 is 11.6 Å². The van der Waals surface area contributed by atoms with Crippen LogP contribution in [0.5, 0.6) is 0 Å². The molecule has 0 spiro atoms. The fraction of sp³-hybridized carbons (Fsp3) is 0.519. The summed E-state index contributed by atoms with van der Waals surface area (Å²) in [5, 5.41) is 19.0. The Morgan fingerprint density at radius 3 is 2.58 bits per heavy atom. The molecule has 4 atom stereocenters. The van der Waals surface area contributed by atoms with E-state index in [9.17, 15) is 19.5 Å². The van der Waals surface area contributed by atoms with Gasteiger partial charge in [-0.15, -0.1) is 0 Å². The van der Waals surface area contributed by atoms with E-state index < -0.39 is 35.2 Å². The highest BCUT2D eigenvalue weighted by atomic mass is 35.5. The zero-order valence-corrected chi connectivity index (χ0v) is 22.1. The zero-order valence-electron chi connectivity index (χ0n) is 21.3. The van der Waals surface area contributed by atoms with E-state index in [4.69, 9.17) is 26.2 Å². The van der Waals surface area contributed by atoms with Gasteiger partial charge in [0.05, 0.1) is 31.0 Å². The van der Waals surface area contributed by atoms with Crippen LogP contribution in [-0.2, 0) is 23.9 Å². The Morgan fingerprint density at radius 2 is 1.97 bits per heavy atom. The van der Waals surface area contributed by atoms with Crippen molar-refractivity contribution in [2.45, 2.75) is 52.7 Å². The van der Waals surface area contributed by atoms with Crippen molar-refractivity contribution >= 4 is 29.1 Å². The normalized spacial score (nSPS) is 24.4. The number of ether oxygens (including phenoxy) is 2. The number of ketones is 2. The number of allylic oxidation sites excluding steroid dienone is 4. The minimum absolute atomic E-state index is 0.0804. The molecule has 0 unspecified atom stereocenters. The smallest absolute Gasteiger partial charge is 0.343 e. The van der Waals surface area contributed by atoms with E-state index in [-0.39, 0.29) is 29.4 Å². The molecule has 2 N–H and O–H groups in total. The number of aliphatic hydroxyl groups excluding tert-OH is 2. The van der Waals surface area contributed by atoms with Gasteiger partial charge in [0, 0.05) is 41.1 Å². The van der Waals surface area contributed by atoms with Crippen LogP contribution < -0.4 is 0 Å². The summed E-state index contributed by atoms with van der Waals surface area (Å²) in [7, 11) is 0. The van der Waals surface area contributed by atoms with Crippen LogP contribution in [0.2, 0.25) is 0 Å². The van der Waals surface area contributed by atoms with E-state index in [2.05, 4.69) is 19.9 Å². The van der Waals surface area contributed by atoms with Gasteiger partial charge in [-0.25, -0.2) is 4.79 Å². The highest BCUT2D eigenvalue weighted by Gasteiger charge is 2.57. The Balaban J connectivity index is 2.19. The predicted octanol–water partition coefficient (Wildman–Crippen LogP) is 2.95. The molecule has 2 aliphatic heterocycles. The largest absolute Gasteiger partial charge is 0.442 e. The molecule has 0 radical (unpaired) electrons. The molecule has 1 aliphatic carbocycles. The van der Waals surface area contributed by atoms with Gasteiger partial charge in [0.1, 0.15) is 5.57 Å². The summed E-state index contributed by atoms with van der Waals surface area (Å²) in [5.74, 6) is -2.66. The van der Waals surface area contributed by atoms with Crippen molar-refractivity contribution in [2.24, 2.45) is 11.8 Å². The SMILES string of the molecule is CC[C@H](C)/C=C/C1=CC2=C(Cl)C(=O)[C@@]3(C)OC(=O)C(C(=O)[C@@H](C)[C@@H](C)O)=C3C2=CN1CCOCCO. The topological polar surface area (TPSA) is 113 Å². The van der Waals surface area contributed by atoms with Crippen molar-refractivity contribution in [1.29, 1.82) is 0 Å². The molecule has 0 fully saturated rings. The van der Waals surface area contributed by atoms with E-state index in [1.807, 2.05) is 11.0 Å². The molecule has 0 amide bonds. The van der Waals surface area contributed by atoms with E-state index >= 15 is 0 Å². The van der Waals surface area contributed by atoms with Crippen molar-refractivity contribution in [1.82, 2.24) is 4.90 Å². The van der Waals surface area contributed by atoms with Crippen LogP contribution in [0.3, 0.4) is 0 Å². The lowest BCUT2D eigenvalue weighted by Gasteiger charge is -2.36. The van der Waals surface area contributed by atoms with Crippen molar-refractivity contribution in [3.63, 3.8) is 0 Å². The van der Waals surface area contributed by atoms with Crippen molar-refractivity contribution in [3.8, 4) is 0 Å². The molecule has 36 heavy (non-hydrogen) atoms. The number of aliphatic hydroxyl groups is 2. The molecule has 2 heterocycles. The predicted molar refractivity (Wildman–Crippen MR) is 135 cm³/mol. The molecule has 0 saturated heterocycles. The van der Waals surface area contributed by atoms with Crippen LogP contribution in [0, 0.1) is 11.8 Å². The quantitative estimate of drug-likeness (QED) is 0.243. The maximum atomic E-state index is 13.4. The van der Waals surface area contributed by atoms with E-state index in [0.717, 1.165) is 12.1 Å². The standard InChI is InChI=1S/C27H34ClNO7/c1-6-15(2)7-8-18-13-19-20(14-29(18)9-11-35-12-10-30)22-21(24(32)16(3)17(4)31)26(34)36-27(22,5)25(33)23(19)28/h7-8,13-17,30-31H,6,9-12H2,1-5H3/b8-7+/t15-,16-,17+,27-/m0/s1. The number of hydrogen-bond donors (Lipinski definition) is 2. The number of esters is 1. The van der Waals surface area contributed by atoms with Gasteiger partial charge >= 0.3 is 5.97 Å². The molecule has 0 aromatic heterocycles. The maximum absolute atomic E-state index is 13.4. The number of fused-ring (bicyclic) bond motifs is 3. The first-order valence-electron chi connectivity index (χ1n) is 12.2. The number of carbonyl (C=O) groups excluding carboxylic acids is 3. The van der Waals surface area contributed by atoms with Gasteiger partial charge in [0.15, 0.2) is 11.4 Å². The lowest BCUT2D eigenvalue weighted by atomic mass is 9.74. The van der Waals surface area contributed by atoms with Crippen LogP contribution in [0.4, 0.5) is 0 Å². The van der Waals surface area contributed by atoms with Crippen molar-refractivity contribution in [3.05, 3.63) is 57.4 Å². The molecule has 0 saturated carbocycles. The summed E-state index contributed by atoms with van der Waals surface area (Å²) in [4.78, 5) is 41.4. The van der Waals surface area contributed by atoms with Crippen LogP contribution in [-0.4, -0.2) is 70.7 Å². The van der Waals surface area contributed by atoms with Gasteiger partial charge in [-0.3, -0.25) is 9.59 Å². The molecular formula is C27H34ClNO7. The third-order valence-corrected chi connectivity index (χ3v) is 7.28. The fourth-order valence-corrected chi connectivity index (χ4v) is 4.57. The first-order chi connectivity index (χ1) is 17.0. The second-order valence-corrected chi connectivity index (χ2v) is 9.89. The number of hydrogen-bond acceptors (Lipinski definition) is 8. The summed E-state index contributed by atoms with van der Waals surface area (Å²) in [6.45, 7) is 9.41. The van der Waals surface area contributed by atoms with Crippen LogP contribution in [0.1, 0.15) is 41.0 Å². The number of Topliss-reactive ketones (excluding diaryl/α,β-unsaturated/α-hetero) is 2. The van der Waals surface area contributed by atoms with Crippen LogP contribution in [0.15, 0.2) is 57.4 Å². The zero-order chi connectivity index (χ0) is 26.8. The Labute approximate surface area is 216 Å². The Bertz CT molecular complexity index is 1100. The average molecular weight is 520 g/mol. The van der Waals surface area contributed by atoms with Gasteiger partial charge in [0.25, 0.3) is 0 Å². The van der Waals surface area contributed by atoms with E-state index in [1.165, 1.54) is 20.8 Å². The minimum Gasteiger partial charge on any atom is -0.442 e. The molecular weight excluding hydrogens is 486 g/mol. The first kappa shape index (κ1) is 28.1. The molecule has 196 valence electrons. The van der Waals surface area contributed by atoms with E-state index in [0.29, 0.717) is 30.2 Å². The van der Waals surface area contributed by atoms with Gasteiger partial charge in [0.2, 0.25) is 5.78 Å². The van der Waals surface area contributed by atoms with Crippen LogP contribution in [0.25, 0.3) is 0 Å². The van der Waals surface area contributed by atoms with Gasteiger partial charge in [-0.05, 0) is 31.9 Å². The highest BCUT2D eigenvalue weighted by molar-refractivity contribution is 6.46. The summed E-state index contributed by atoms with van der Waals surface area (Å²) in [6.07, 6.45) is 7.45. The van der Waals surface area contributed by atoms with Crippen molar-refractivity contribution < 1.29 is 34.1 Å². The molecule has 0 aromatic rings. The summed E-state index contributed by atoms with van der Waals surface area (Å²) in [6, 6.07) is 0. The average Bonchev–Trinajstić information content (AvgIpc) is 3.13. The molecule has 8 nitrogen and oxygen atoms in total. The molecule has 3 aliphatic rings. The lowest BCUT2D eigenvalue weighted by molar-refractivity contribution is -0.153. The van der Waals surface area contributed by atoms with Crippen molar-refractivity contribution in [2.75, 3.05) is 26.4 Å². The molecule has 9 heteroatoms. The number of halogens is 1. The highest BCUT2D eigenvalue weighted by Crippen LogP contribution is 2.50. The third-order valence-electron chi connectivity index (χ3n) is 6.90. The molecule has 3 rings (SSSR count). The molecule has 0 aromatic carbocycles. The monoisotopic (exact) mass is 519 g/mol. The number of nitrogens with zero attached hydrogens (tertiary/aromatic N) is 1. The second kappa shape index (κ2) is 11.3. The molecule has 0 bridgehead atoms. The fourth-order valence-electron chi connectivity index (χ4n) is 4.24. The van der Waals surface area contributed by atoms with Gasteiger partial charge < -0.3 is 24.6 Å². The minimum atomic E-state index is -1.75. The first-order valence-corrected chi connectivity index (χ1v) is 12.6. The summed E-state index contributed by atoms with van der Waals surface area (Å²) < 4.78 is 10.9.